The van der Waals surface area contributed by atoms with E-state index in [-0.39, 0.29) is 0 Å². The summed E-state index contributed by atoms with van der Waals surface area (Å²) in [5, 5.41) is 7.59. The van der Waals surface area contributed by atoms with Crippen molar-refractivity contribution in [1.29, 1.82) is 0 Å². The van der Waals surface area contributed by atoms with E-state index in [1.807, 2.05) is 6.08 Å². The van der Waals surface area contributed by atoms with Gasteiger partial charge in [0, 0.05) is 33.7 Å². The third-order valence-corrected chi connectivity index (χ3v) is 9.07. The van der Waals surface area contributed by atoms with Crippen LogP contribution in [0, 0.1) is 5.92 Å². The van der Waals surface area contributed by atoms with Crippen LogP contribution in [0.2, 0.25) is 0 Å². The molecule has 44 heavy (non-hydrogen) atoms. The first-order valence-electron chi connectivity index (χ1n) is 15.5. The zero-order valence-corrected chi connectivity index (χ0v) is 24.9. The molecule has 0 aliphatic rings. The summed E-state index contributed by atoms with van der Waals surface area (Å²) in [5.41, 5.74) is 9.86. The SMILES string of the molecule is C=CCC(C)Cc1cc(-c2ccc3c4ccc5cc(-c6cccc7ccccc67)ccc5c4n(-c4ccccc4)c3c2)c[nH]1. The van der Waals surface area contributed by atoms with Gasteiger partial charge in [0.1, 0.15) is 0 Å². The third-order valence-electron chi connectivity index (χ3n) is 9.07. The van der Waals surface area contributed by atoms with Crippen LogP contribution in [0.15, 0.2) is 146 Å². The van der Waals surface area contributed by atoms with Crippen molar-refractivity contribution >= 4 is 43.4 Å². The number of nitrogens with one attached hydrogen (secondary N) is 1. The quantitative estimate of drug-likeness (QED) is 0.185. The first-order chi connectivity index (χ1) is 21.7. The molecular weight excluding hydrogens is 532 g/mol. The van der Waals surface area contributed by atoms with E-state index in [1.54, 1.807) is 0 Å². The van der Waals surface area contributed by atoms with Gasteiger partial charge in [-0.15, -0.1) is 6.58 Å². The summed E-state index contributed by atoms with van der Waals surface area (Å²) < 4.78 is 2.45. The summed E-state index contributed by atoms with van der Waals surface area (Å²) in [6.45, 7) is 6.19. The number of nitrogens with zero attached hydrogens (tertiary/aromatic N) is 1. The standard InChI is InChI=1S/C42H34N2/c1-3-10-28(2)23-34-25-33(27-43-34)30-17-21-39-40-22-19-32-24-31(37-16-9-12-29-11-7-8-15-36(29)37)18-20-38(32)42(40)44(41(39)26-30)35-13-5-4-6-14-35/h3-9,11-22,24-28,43H,1,10,23H2,2H3. The van der Waals surface area contributed by atoms with Crippen molar-refractivity contribution in [3.8, 4) is 27.9 Å². The third kappa shape index (κ3) is 4.42. The number of rotatable bonds is 7. The van der Waals surface area contributed by atoms with Gasteiger partial charge in [-0.3, -0.25) is 0 Å². The van der Waals surface area contributed by atoms with Gasteiger partial charge >= 0.3 is 0 Å². The summed E-state index contributed by atoms with van der Waals surface area (Å²) in [6.07, 6.45) is 6.20. The first-order valence-corrected chi connectivity index (χ1v) is 15.5. The molecule has 2 heteroatoms. The average Bonchev–Trinajstić information content (AvgIpc) is 3.67. The molecule has 8 aromatic rings. The maximum atomic E-state index is 3.91. The number of fused-ring (bicyclic) bond motifs is 6. The van der Waals surface area contributed by atoms with Crippen LogP contribution in [0.25, 0.3) is 71.3 Å². The Morgan fingerprint density at radius 2 is 1.43 bits per heavy atom. The van der Waals surface area contributed by atoms with Crippen molar-refractivity contribution in [2.45, 2.75) is 19.8 Å². The molecule has 0 saturated carbocycles. The number of para-hydroxylation sites is 1. The van der Waals surface area contributed by atoms with Gasteiger partial charge in [0.25, 0.3) is 0 Å². The molecule has 0 saturated heterocycles. The largest absolute Gasteiger partial charge is 0.364 e. The number of benzene rings is 6. The van der Waals surface area contributed by atoms with E-state index in [2.05, 4.69) is 157 Å². The number of hydrogen-bond donors (Lipinski definition) is 1. The Morgan fingerprint density at radius 1 is 0.659 bits per heavy atom. The highest BCUT2D eigenvalue weighted by molar-refractivity contribution is 6.19. The Labute approximate surface area is 257 Å². The maximum Gasteiger partial charge on any atom is 0.0619 e. The Bertz CT molecular complexity index is 2310. The number of aromatic nitrogens is 2. The Kier molecular flexibility index (Phi) is 6.42. The molecule has 2 nitrogen and oxygen atoms in total. The van der Waals surface area contributed by atoms with Crippen LogP contribution in [0.3, 0.4) is 0 Å². The van der Waals surface area contributed by atoms with Gasteiger partial charge in [-0.25, -0.2) is 0 Å². The second-order valence-corrected chi connectivity index (χ2v) is 12.1. The van der Waals surface area contributed by atoms with E-state index in [4.69, 9.17) is 0 Å². The predicted molar refractivity (Wildman–Crippen MR) is 189 cm³/mol. The van der Waals surface area contributed by atoms with Gasteiger partial charge in [-0.1, -0.05) is 110 Å². The van der Waals surface area contributed by atoms with Crippen molar-refractivity contribution in [3.63, 3.8) is 0 Å². The van der Waals surface area contributed by atoms with Crippen LogP contribution in [0.4, 0.5) is 0 Å². The topological polar surface area (TPSA) is 20.7 Å². The highest BCUT2D eigenvalue weighted by atomic mass is 15.0. The van der Waals surface area contributed by atoms with E-state index in [1.165, 1.54) is 77.0 Å². The Hall–Kier alpha value is -5.34. The minimum absolute atomic E-state index is 0.566. The average molecular weight is 567 g/mol. The molecule has 0 amide bonds. The lowest BCUT2D eigenvalue weighted by Gasteiger charge is -2.12. The number of H-pyrrole nitrogens is 1. The lowest BCUT2D eigenvalue weighted by molar-refractivity contribution is 0.583. The summed E-state index contributed by atoms with van der Waals surface area (Å²) >= 11 is 0. The fraction of sp³-hybridized carbons (Fsp3) is 0.0952. The molecule has 2 aromatic heterocycles. The molecule has 0 bridgehead atoms. The van der Waals surface area contributed by atoms with Gasteiger partial charge in [-0.05, 0) is 87.5 Å². The minimum Gasteiger partial charge on any atom is -0.364 e. The van der Waals surface area contributed by atoms with Crippen LogP contribution in [0.1, 0.15) is 19.0 Å². The van der Waals surface area contributed by atoms with Gasteiger partial charge in [-0.2, -0.15) is 0 Å². The molecule has 1 atom stereocenters. The number of allylic oxidation sites excluding steroid dienone is 1. The lowest BCUT2D eigenvalue weighted by Crippen LogP contribution is -1.97. The van der Waals surface area contributed by atoms with Gasteiger partial charge in [0.2, 0.25) is 0 Å². The summed E-state index contributed by atoms with van der Waals surface area (Å²) in [6, 6.07) is 46.8. The van der Waals surface area contributed by atoms with Gasteiger partial charge < -0.3 is 9.55 Å². The van der Waals surface area contributed by atoms with Crippen LogP contribution >= 0.6 is 0 Å². The molecule has 0 fully saturated rings. The molecular formula is C42H34N2. The highest BCUT2D eigenvalue weighted by Crippen LogP contribution is 2.40. The van der Waals surface area contributed by atoms with Crippen molar-refractivity contribution in [2.24, 2.45) is 5.92 Å². The van der Waals surface area contributed by atoms with E-state index in [0.29, 0.717) is 5.92 Å². The molecule has 0 spiro atoms. The summed E-state index contributed by atoms with van der Waals surface area (Å²) in [7, 11) is 0. The van der Waals surface area contributed by atoms with Crippen molar-refractivity contribution < 1.29 is 0 Å². The zero-order valence-electron chi connectivity index (χ0n) is 24.9. The number of hydrogen-bond acceptors (Lipinski definition) is 0. The Balaban J connectivity index is 1.32. The maximum absolute atomic E-state index is 3.91. The second-order valence-electron chi connectivity index (χ2n) is 12.1. The molecule has 8 rings (SSSR count). The monoisotopic (exact) mass is 566 g/mol. The number of aromatic amines is 1. The van der Waals surface area contributed by atoms with Gasteiger partial charge in [0.05, 0.1) is 11.0 Å². The smallest absolute Gasteiger partial charge is 0.0619 e. The van der Waals surface area contributed by atoms with Gasteiger partial charge in [0.15, 0.2) is 0 Å². The molecule has 0 radical (unpaired) electrons. The molecule has 1 unspecified atom stereocenters. The zero-order chi connectivity index (χ0) is 29.6. The second kappa shape index (κ2) is 10.7. The van der Waals surface area contributed by atoms with Crippen LogP contribution in [-0.2, 0) is 6.42 Å². The van der Waals surface area contributed by atoms with E-state index in [0.717, 1.165) is 12.8 Å². The molecule has 6 aromatic carbocycles. The fourth-order valence-electron chi connectivity index (χ4n) is 6.98. The predicted octanol–water partition coefficient (Wildman–Crippen LogP) is 11.5. The van der Waals surface area contributed by atoms with Crippen molar-refractivity contribution in [3.05, 3.63) is 152 Å². The molecule has 2 heterocycles. The fourth-order valence-corrected chi connectivity index (χ4v) is 6.98. The highest BCUT2D eigenvalue weighted by Gasteiger charge is 2.17. The van der Waals surface area contributed by atoms with Crippen molar-refractivity contribution in [2.75, 3.05) is 0 Å². The molecule has 212 valence electrons. The Morgan fingerprint density at radius 3 is 2.32 bits per heavy atom. The lowest BCUT2D eigenvalue weighted by atomic mass is 9.95. The molecule has 1 N–H and O–H groups in total. The first kappa shape index (κ1) is 26.3. The van der Waals surface area contributed by atoms with Crippen LogP contribution in [0.5, 0.6) is 0 Å². The molecule has 0 aliphatic carbocycles. The normalized spacial score (nSPS) is 12.4. The van der Waals surface area contributed by atoms with Crippen molar-refractivity contribution in [1.82, 2.24) is 9.55 Å². The summed E-state index contributed by atoms with van der Waals surface area (Å²) in [4.78, 5) is 3.53. The van der Waals surface area contributed by atoms with Crippen LogP contribution < -0.4 is 0 Å². The minimum atomic E-state index is 0.566. The van der Waals surface area contributed by atoms with E-state index >= 15 is 0 Å². The summed E-state index contributed by atoms with van der Waals surface area (Å²) in [5.74, 6) is 0.566. The van der Waals surface area contributed by atoms with E-state index in [9.17, 15) is 0 Å². The van der Waals surface area contributed by atoms with E-state index < -0.39 is 0 Å². The van der Waals surface area contributed by atoms with Crippen LogP contribution in [-0.4, -0.2) is 9.55 Å². The molecule has 0 aliphatic heterocycles.